The highest BCUT2D eigenvalue weighted by Gasteiger charge is 2.14. The van der Waals surface area contributed by atoms with Gasteiger partial charge in [0.25, 0.3) is 0 Å². The van der Waals surface area contributed by atoms with Crippen molar-refractivity contribution < 1.29 is 23.8 Å². The van der Waals surface area contributed by atoms with Gasteiger partial charge in [-0.2, -0.15) is 0 Å². The second-order valence-corrected chi connectivity index (χ2v) is 10.7. The largest absolute Gasteiger partial charge is 0.347 e. The monoisotopic (exact) mass is 550 g/mol. The molecule has 0 rings (SSSR count). The molecule has 0 saturated carbocycles. The molecule has 0 amide bonds. The number of carbonyl (C=O) groups excluding carboxylic acids is 2. The number of rotatable bonds is 30. The van der Waals surface area contributed by atoms with Crippen molar-refractivity contribution >= 4 is 12.6 Å². The van der Waals surface area contributed by atoms with Gasteiger partial charge in [-0.1, -0.05) is 130 Å². The molecule has 0 heterocycles. The summed E-state index contributed by atoms with van der Waals surface area (Å²) < 4.78 is 17.2. The van der Waals surface area contributed by atoms with E-state index in [4.69, 9.17) is 14.2 Å². The summed E-state index contributed by atoms with van der Waals surface area (Å²) in [5.41, 5.74) is 1.40. The third kappa shape index (κ3) is 22.1. The zero-order valence-electron chi connectivity index (χ0n) is 26.1. The molecule has 0 aliphatic rings. The lowest BCUT2D eigenvalue weighted by atomic mass is 10.0. The molecule has 0 spiro atoms. The maximum absolute atomic E-state index is 11.6. The topological polar surface area (TPSA) is 61.8 Å². The van der Waals surface area contributed by atoms with Gasteiger partial charge < -0.3 is 14.2 Å². The van der Waals surface area contributed by atoms with Crippen LogP contribution in [-0.2, 0) is 23.8 Å². The predicted molar refractivity (Wildman–Crippen MR) is 164 cm³/mol. The van der Waals surface area contributed by atoms with E-state index in [-0.39, 0.29) is 25.8 Å². The van der Waals surface area contributed by atoms with Gasteiger partial charge in [-0.25, -0.2) is 0 Å². The molecule has 228 valence electrons. The van der Waals surface area contributed by atoms with Crippen LogP contribution in [0.25, 0.3) is 0 Å². The fourth-order valence-corrected chi connectivity index (χ4v) is 4.80. The molecule has 0 aromatic rings. The van der Waals surface area contributed by atoms with Crippen molar-refractivity contribution in [2.45, 2.75) is 168 Å². The summed E-state index contributed by atoms with van der Waals surface area (Å²) in [7, 11) is 0. The standard InChI is InChI=1S/C34H62O5/c1-5-9-11-13-15-17-19-21-23-25-31(27-35)33(7-3)38-29-37-30-39-34(8-4)32(28-36)26-24-22-20-18-16-14-12-10-6-2/h25-28,33-34H,5-24,29-30H2,1-4H3. The summed E-state index contributed by atoms with van der Waals surface area (Å²) in [6.07, 6.45) is 29.0. The van der Waals surface area contributed by atoms with Crippen LogP contribution >= 0.6 is 0 Å². The third-order valence-electron chi connectivity index (χ3n) is 7.34. The summed E-state index contributed by atoms with van der Waals surface area (Å²) in [6.45, 7) is 8.61. The Morgan fingerprint density at radius 3 is 1.15 bits per heavy atom. The lowest BCUT2D eigenvalue weighted by Gasteiger charge is -2.19. The number of allylic oxidation sites excluding steroid dienone is 2. The zero-order chi connectivity index (χ0) is 28.8. The fourth-order valence-electron chi connectivity index (χ4n) is 4.80. The van der Waals surface area contributed by atoms with Crippen LogP contribution in [-0.4, -0.2) is 38.4 Å². The van der Waals surface area contributed by atoms with Crippen LogP contribution < -0.4 is 0 Å². The molecule has 0 aromatic carbocycles. The fraction of sp³-hybridized carbons (Fsp3) is 0.824. The lowest BCUT2D eigenvalue weighted by Crippen LogP contribution is -2.21. The first-order valence-electron chi connectivity index (χ1n) is 16.3. The third-order valence-corrected chi connectivity index (χ3v) is 7.34. The summed E-state index contributed by atoms with van der Waals surface area (Å²) in [5, 5.41) is 0. The SMILES string of the molecule is CCCCCCCCCCC=C(C=O)C(CC)OCOCOC(CC)C(C=O)=CCCCCCCCCCC. The van der Waals surface area contributed by atoms with E-state index in [0.717, 1.165) is 38.3 Å². The molecule has 0 aliphatic heterocycles. The van der Waals surface area contributed by atoms with E-state index in [2.05, 4.69) is 13.8 Å². The predicted octanol–water partition coefficient (Wildman–Crippen LogP) is 9.82. The van der Waals surface area contributed by atoms with Gasteiger partial charge in [-0.3, -0.25) is 9.59 Å². The molecule has 0 aromatic heterocycles. The maximum atomic E-state index is 11.6. The van der Waals surface area contributed by atoms with E-state index in [0.29, 0.717) is 24.0 Å². The second kappa shape index (κ2) is 29.7. The first-order chi connectivity index (χ1) is 19.2. The van der Waals surface area contributed by atoms with Gasteiger partial charge >= 0.3 is 0 Å². The summed E-state index contributed by atoms with van der Waals surface area (Å²) in [6, 6.07) is 0. The van der Waals surface area contributed by atoms with Gasteiger partial charge in [0.2, 0.25) is 0 Å². The van der Waals surface area contributed by atoms with E-state index in [1.807, 2.05) is 26.0 Å². The minimum absolute atomic E-state index is 0.0519. The van der Waals surface area contributed by atoms with Crippen LogP contribution in [0.5, 0.6) is 0 Å². The van der Waals surface area contributed by atoms with E-state index >= 15 is 0 Å². The van der Waals surface area contributed by atoms with E-state index in [1.165, 1.54) is 89.9 Å². The Balaban J connectivity index is 4.22. The van der Waals surface area contributed by atoms with Gasteiger partial charge in [0.1, 0.15) is 26.2 Å². The zero-order valence-corrected chi connectivity index (χ0v) is 26.1. The van der Waals surface area contributed by atoms with Crippen molar-refractivity contribution in [3.05, 3.63) is 23.3 Å². The average Bonchev–Trinajstić information content (AvgIpc) is 2.96. The van der Waals surface area contributed by atoms with Gasteiger partial charge in [0, 0.05) is 11.1 Å². The highest BCUT2D eigenvalue weighted by Crippen LogP contribution is 2.16. The molecule has 0 N–H and O–H groups in total. The molecular formula is C34H62O5. The van der Waals surface area contributed by atoms with Crippen molar-refractivity contribution in [1.29, 1.82) is 0 Å². The van der Waals surface area contributed by atoms with Gasteiger partial charge in [0.05, 0.1) is 12.2 Å². The molecule has 0 aliphatic carbocycles. The van der Waals surface area contributed by atoms with Gasteiger partial charge in [-0.15, -0.1) is 0 Å². The highest BCUT2D eigenvalue weighted by molar-refractivity contribution is 5.75. The Morgan fingerprint density at radius 1 is 0.513 bits per heavy atom. The number of hydrogen-bond acceptors (Lipinski definition) is 5. The Kier molecular flexibility index (Phi) is 28.7. The van der Waals surface area contributed by atoms with E-state index < -0.39 is 0 Å². The highest BCUT2D eigenvalue weighted by atomic mass is 16.7. The molecule has 5 heteroatoms. The normalized spacial score (nSPS) is 13.9. The number of carbonyl (C=O) groups is 2. The van der Waals surface area contributed by atoms with Gasteiger partial charge in [-0.05, 0) is 38.5 Å². The number of ether oxygens (including phenoxy) is 3. The number of aldehydes is 2. The number of unbranched alkanes of at least 4 members (excludes halogenated alkanes) is 16. The first-order valence-corrected chi connectivity index (χ1v) is 16.3. The Morgan fingerprint density at radius 2 is 0.846 bits per heavy atom. The molecule has 0 fully saturated rings. The summed E-state index contributed by atoms with van der Waals surface area (Å²) in [5.74, 6) is 0. The summed E-state index contributed by atoms with van der Waals surface area (Å²) in [4.78, 5) is 23.3. The number of hydrogen-bond donors (Lipinski definition) is 0. The molecule has 2 unspecified atom stereocenters. The lowest BCUT2D eigenvalue weighted by molar-refractivity contribution is -0.156. The maximum Gasteiger partial charge on any atom is 0.150 e. The van der Waals surface area contributed by atoms with Crippen LogP contribution in [0.2, 0.25) is 0 Å². The van der Waals surface area contributed by atoms with E-state index in [9.17, 15) is 9.59 Å². The molecular weight excluding hydrogens is 488 g/mol. The molecule has 2 atom stereocenters. The molecule has 0 radical (unpaired) electrons. The van der Waals surface area contributed by atoms with Crippen molar-refractivity contribution in [3.8, 4) is 0 Å². The molecule has 0 saturated heterocycles. The van der Waals surface area contributed by atoms with Crippen LogP contribution in [0, 0.1) is 0 Å². The van der Waals surface area contributed by atoms with Crippen molar-refractivity contribution in [2.24, 2.45) is 0 Å². The average molecular weight is 551 g/mol. The minimum Gasteiger partial charge on any atom is -0.347 e. The Bertz CT molecular complexity index is 561. The van der Waals surface area contributed by atoms with Crippen molar-refractivity contribution in [1.82, 2.24) is 0 Å². The second-order valence-electron chi connectivity index (χ2n) is 10.7. The van der Waals surface area contributed by atoms with Crippen LogP contribution in [0.3, 0.4) is 0 Å². The molecule has 0 bridgehead atoms. The van der Waals surface area contributed by atoms with Crippen LogP contribution in [0.1, 0.15) is 156 Å². The van der Waals surface area contributed by atoms with Crippen LogP contribution in [0.15, 0.2) is 23.3 Å². The van der Waals surface area contributed by atoms with Gasteiger partial charge in [0.15, 0.2) is 0 Å². The molecule has 5 nitrogen and oxygen atoms in total. The van der Waals surface area contributed by atoms with Crippen molar-refractivity contribution in [3.63, 3.8) is 0 Å². The summed E-state index contributed by atoms with van der Waals surface area (Å²) >= 11 is 0. The van der Waals surface area contributed by atoms with Crippen LogP contribution in [0.4, 0.5) is 0 Å². The Hall–Kier alpha value is -1.30. The quantitative estimate of drug-likeness (QED) is 0.0385. The minimum atomic E-state index is -0.268. The van der Waals surface area contributed by atoms with Crippen molar-refractivity contribution in [2.75, 3.05) is 13.6 Å². The smallest absolute Gasteiger partial charge is 0.150 e. The molecule has 39 heavy (non-hydrogen) atoms. The first kappa shape index (κ1) is 37.7. The van der Waals surface area contributed by atoms with E-state index in [1.54, 1.807) is 0 Å². The Labute approximate surface area is 241 Å².